The first-order valence-electron chi connectivity index (χ1n) is 6.07. The number of aromatic amines is 1. The van der Waals surface area contributed by atoms with Gasteiger partial charge in [-0.25, -0.2) is 0 Å². The Bertz CT molecular complexity index is 530. The van der Waals surface area contributed by atoms with Crippen LogP contribution in [0.2, 0.25) is 0 Å². The van der Waals surface area contributed by atoms with E-state index in [4.69, 9.17) is 4.74 Å². The number of H-pyrrole nitrogens is 1. The summed E-state index contributed by atoms with van der Waals surface area (Å²) in [5, 5.41) is 4.93. The van der Waals surface area contributed by atoms with E-state index in [9.17, 15) is 0 Å². The maximum absolute atomic E-state index is 5.69. The first kappa shape index (κ1) is 10.8. The number of ether oxygens (including phenoxy) is 1. The van der Waals surface area contributed by atoms with Crippen LogP contribution in [0, 0.1) is 0 Å². The van der Waals surface area contributed by atoms with Gasteiger partial charge in [0.15, 0.2) is 0 Å². The minimum atomic E-state index is 0.0429. The highest BCUT2D eigenvalue weighted by Crippen LogP contribution is 2.28. The molecule has 1 atom stereocenters. The van der Waals surface area contributed by atoms with E-state index >= 15 is 0 Å². The summed E-state index contributed by atoms with van der Waals surface area (Å²) in [6, 6.07) is 8.67. The molecule has 1 fully saturated rings. The number of fused-ring (bicyclic) bond motifs is 1. The van der Waals surface area contributed by atoms with Crippen molar-refractivity contribution in [2.45, 2.75) is 25.4 Å². The summed E-state index contributed by atoms with van der Waals surface area (Å²) in [5.74, 6) is 0. The third-order valence-corrected chi connectivity index (χ3v) is 3.31. The Hall–Kier alpha value is -1.32. The lowest BCUT2D eigenvalue weighted by atomic mass is 9.98. The molecule has 1 aliphatic rings. The van der Waals surface area contributed by atoms with Crippen molar-refractivity contribution in [3.63, 3.8) is 0 Å². The summed E-state index contributed by atoms with van der Waals surface area (Å²) in [7, 11) is 0. The van der Waals surface area contributed by atoms with E-state index in [0.29, 0.717) is 0 Å². The topological polar surface area (TPSA) is 37.0 Å². The number of morpholine rings is 1. The molecule has 0 saturated carbocycles. The minimum Gasteiger partial charge on any atom is -0.378 e. The van der Waals surface area contributed by atoms with Gasteiger partial charge in [0.1, 0.15) is 0 Å². The zero-order valence-electron chi connectivity index (χ0n) is 10.3. The van der Waals surface area contributed by atoms with Gasteiger partial charge in [0.05, 0.1) is 19.3 Å². The van der Waals surface area contributed by atoms with Gasteiger partial charge in [-0.1, -0.05) is 18.2 Å². The Labute approximate surface area is 101 Å². The van der Waals surface area contributed by atoms with Gasteiger partial charge >= 0.3 is 0 Å². The van der Waals surface area contributed by atoms with Crippen molar-refractivity contribution < 1.29 is 4.74 Å². The Kier molecular flexibility index (Phi) is 2.45. The molecule has 90 valence electrons. The highest BCUT2D eigenvalue weighted by Gasteiger charge is 2.29. The van der Waals surface area contributed by atoms with Crippen LogP contribution in [0.15, 0.2) is 30.5 Å². The summed E-state index contributed by atoms with van der Waals surface area (Å²) in [5.41, 5.74) is 2.53. The molecule has 0 bridgehead atoms. The molecule has 17 heavy (non-hydrogen) atoms. The van der Waals surface area contributed by atoms with Crippen LogP contribution in [0.25, 0.3) is 10.9 Å². The van der Waals surface area contributed by atoms with Crippen LogP contribution in [0.1, 0.15) is 25.5 Å². The average Bonchev–Trinajstić information content (AvgIpc) is 2.71. The quantitative estimate of drug-likeness (QED) is 0.790. The summed E-state index contributed by atoms with van der Waals surface area (Å²) >= 11 is 0. The molecule has 1 unspecified atom stereocenters. The second-order valence-electron chi connectivity index (χ2n) is 5.39. The fourth-order valence-electron chi connectivity index (χ4n) is 2.54. The van der Waals surface area contributed by atoms with Crippen LogP contribution in [-0.4, -0.2) is 23.7 Å². The molecule has 0 aliphatic carbocycles. The normalized spacial score (nSPS) is 24.0. The highest BCUT2D eigenvalue weighted by atomic mass is 16.5. The minimum absolute atomic E-state index is 0.0429. The van der Waals surface area contributed by atoms with Gasteiger partial charge in [-0.3, -0.25) is 0 Å². The van der Waals surface area contributed by atoms with Crippen LogP contribution in [0.3, 0.4) is 0 Å². The number of nitrogens with one attached hydrogen (secondary N) is 2. The largest absolute Gasteiger partial charge is 0.378 e. The molecule has 0 radical (unpaired) electrons. The SMILES string of the molecule is CC1(C)COCC(c2c[nH]c3ccccc23)N1. The third-order valence-electron chi connectivity index (χ3n) is 3.31. The van der Waals surface area contributed by atoms with E-state index in [1.165, 1.54) is 16.5 Å². The van der Waals surface area contributed by atoms with Crippen LogP contribution < -0.4 is 5.32 Å². The first-order valence-corrected chi connectivity index (χ1v) is 6.07. The molecule has 3 heteroatoms. The molecule has 1 saturated heterocycles. The molecular formula is C14H18N2O. The zero-order valence-corrected chi connectivity index (χ0v) is 10.3. The van der Waals surface area contributed by atoms with Crippen LogP contribution in [-0.2, 0) is 4.74 Å². The van der Waals surface area contributed by atoms with Gasteiger partial charge in [0.25, 0.3) is 0 Å². The van der Waals surface area contributed by atoms with E-state index < -0.39 is 0 Å². The van der Waals surface area contributed by atoms with Gasteiger partial charge in [0, 0.05) is 22.6 Å². The fraction of sp³-hybridized carbons (Fsp3) is 0.429. The fourth-order valence-corrected chi connectivity index (χ4v) is 2.54. The average molecular weight is 230 g/mol. The molecular weight excluding hydrogens is 212 g/mol. The lowest BCUT2D eigenvalue weighted by Crippen LogP contribution is -2.51. The standard InChI is InChI=1S/C14H18N2O/c1-14(2)9-17-8-13(16-14)11-7-15-12-6-4-3-5-10(11)12/h3-7,13,15-16H,8-9H2,1-2H3. The molecule has 2 heterocycles. The van der Waals surface area contributed by atoms with Crippen LogP contribution >= 0.6 is 0 Å². The zero-order chi connectivity index (χ0) is 11.9. The van der Waals surface area contributed by atoms with Gasteiger partial charge in [-0.2, -0.15) is 0 Å². The van der Waals surface area contributed by atoms with Crippen molar-refractivity contribution in [2.24, 2.45) is 0 Å². The number of para-hydroxylation sites is 1. The lowest BCUT2D eigenvalue weighted by Gasteiger charge is -2.37. The Morgan fingerprint density at radius 2 is 2.12 bits per heavy atom. The van der Waals surface area contributed by atoms with E-state index in [1.807, 2.05) is 0 Å². The number of hydrogen-bond acceptors (Lipinski definition) is 2. The Morgan fingerprint density at radius 3 is 2.94 bits per heavy atom. The maximum Gasteiger partial charge on any atom is 0.0663 e. The van der Waals surface area contributed by atoms with Crippen molar-refractivity contribution >= 4 is 10.9 Å². The molecule has 2 aromatic rings. The third kappa shape index (κ3) is 1.96. The number of benzene rings is 1. The van der Waals surface area contributed by atoms with E-state index in [1.54, 1.807) is 0 Å². The predicted octanol–water partition coefficient (Wildman–Crippen LogP) is 2.61. The molecule has 2 N–H and O–H groups in total. The van der Waals surface area contributed by atoms with Crippen LogP contribution in [0.5, 0.6) is 0 Å². The smallest absolute Gasteiger partial charge is 0.0663 e. The first-order chi connectivity index (χ1) is 8.16. The maximum atomic E-state index is 5.69. The van der Waals surface area contributed by atoms with Crippen molar-refractivity contribution in [3.8, 4) is 0 Å². The van der Waals surface area contributed by atoms with Gasteiger partial charge < -0.3 is 15.0 Å². The summed E-state index contributed by atoms with van der Waals surface area (Å²) in [4.78, 5) is 3.32. The van der Waals surface area contributed by atoms with Crippen molar-refractivity contribution in [2.75, 3.05) is 13.2 Å². The monoisotopic (exact) mass is 230 g/mol. The number of hydrogen-bond donors (Lipinski definition) is 2. The van der Waals surface area contributed by atoms with Crippen LogP contribution in [0.4, 0.5) is 0 Å². The lowest BCUT2D eigenvalue weighted by molar-refractivity contribution is 0.0131. The molecule has 3 nitrogen and oxygen atoms in total. The van der Waals surface area contributed by atoms with Gasteiger partial charge in [-0.15, -0.1) is 0 Å². The molecule has 1 aliphatic heterocycles. The molecule has 1 aromatic carbocycles. The van der Waals surface area contributed by atoms with E-state index in [-0.39, 0.29) is 11.6 Å². The van der Waals surface area contributed by atoms with Gasteiger partial charge in [0.2, 0.25) is 0 Å². The van der Waals surface area contributed by atoms with Crippen molar-refractivity contribution in [3.05, 3.63) is 36.0 Å². The summed E-state index contributed by atoms with van der Waals surface area (Å²) < 4.78 is 5.69. The second-order valence-corrected chi connectivity index (χ2v) is 5.39. The molecule has 1 aromatic heterocycles. The number of rotatable bonds is 1. The Balaban J connectivity index is 1.98. The molecule has 3 rings (SSSR count). The van der Waals surface area contributed by atoms with Gasteiger partial charge in [-0.05, 0) is 25.5 Å². The highest BCUT2D eigenvalue weighted by molar-refractivity contribution is 5.83. The predicted molar refractivity (Wildman–Crippen MR) is 69.1 cm³/mol. The van der Waals surface area contributed by atoms with Crippen molar-refractivity contribution in [1.82, 2.24) is 10.3 Å². The summed E-state index contributed by atoms with van der Waals surface area (Å²) in [6.45, 7) is 5.86. The van der Waals surface area contributed by atoms with E-state index in [2.05, 4.69) is 54.6 Å². The van der Waals surface area contributed by atoms with Crippen molar-refractivity contribution in [1.29, 1.82) is 0 Å². The summed E-state index contributed by atoms with van der Waals surface area (Å²) in [6.07, 6.45) is 2.09. The molecule has 0 spiro atoms. The Morgan fingerprint density at radius 1 is 1.29 bits per heavy atom. The molecule has 0 amide bonds. The van der Waals surface area contributed by atoms with E-state index in [0.717, 1.165) is 13.2 Å². The second kappa shape index (κ2) is 3.86. The number of aromatic nitrogens is 1.